The van der Waals surface area contributed by atoms with Gasteiger partial charge < -0.3 is 20.0 Å². The van der Waals surface area contributed by atoms with Gasteiger partial charge in [0.2, 0.25) is 0 Å². The van der Waals surface area contributed by atoms with Crippen LogP contribution in [0.5, 0.6) is 0 Å². The summed E-state index contributed by atoms with van der Waals surface area (Å²) < 4.78 is 11.5. The van der Waals surface area contributed by atoms with E-state index in [0.717, 1.165) is 10.3 Å². The van der Waals surface area contributed by atoms with Crippen molar-refractivity contribution in [2.75, 3.05) is 6.54 Å². The number of carbonyl (C=O) groups excluding carboxylic acids is 2. The van der Waals surface area contributed by atoms with E-state index in [1.54, 1.807) is 34.6 Å². The van der Waals surface area contributed by atoms with Crippen LogP contribution in [0.2, 0.25) is 0 Å². The van der Waals surface area contributed by atoms with Crippen molar-refractivity contribution in [3.8, 4) is 0 Å². The van der Waals surface area contributed by atoms with Crippen molar-refractivity contribution in [3.05, 3.63) is 41.1 Å². The van der Waals surface area contributed by atoms with Crippen LogP contribution < -0.4 is 5.32 Å². The minimum absolute atomic E-state index is 0.116. The van der Waals surface area contributed by atoms with E-state index in [4.69, 9.17) is 9.47 Å². The molecule has 0 aliphatic rings. The van der Waals surface area contributed by atoms with Gasteiger partial charge in [-0.15, -0.1) is 0 Å². The molecule has 1 N–H and O–H groups in total. The van der Waals surface area contributed by atoms with E-state index in [1.807, 2.05) is 30.3 Å². The summed E-state index contributed by atoms with van der Waals surface area (Å²) in [4.78, 5) is 24.6. The summed E-state index contributed by atoms with van der Waals surface area (Å²) in [7, 11) is 0. The number of hydrogen-bond donors (Lipinski definition) is 1. The molecule has 0 saturated heterocycles. The highest BCUT2D eigenvalue weighted by Gasteiger charge is 2.27. The van der Waals surface area contributed by atoms with Crippen LogP contribution in [0.15, 0.2) is 30.3 Å². The van der Waals surface area contributed by atoms with Crippen LogP contribution in [0, 0.1) is 5.21 Å². The molecule has 0 heterocycles. The molecule has 0 aliphatic carbocycles. The zero-order valence-electron chi connectivity index (χ0n) is 17.5. The highest BCUT2D eigenvalue weighted by atomic mass is 16.6. The zero-order valence-corrected chi connectivity index (χ0v) is 17.5. The molecule has 1 aromatic carbocycles. The van der Waals surface area contributed by atoms with Gasteiger partial charge in [0, 0.05) is 20.3 Å². The number of alkyl carbamates (subject to hydrolysis) is 1. The second-order valence-corrected chi connectivity index (χ2v) is 7.84. The van der Waals surface area contributed by atoms with Crippen molar-refractivity contribution in [2.45, 2.75) is 72.1 Å². The summed E-state index contributed by atoms with van der Waals surface area (Å²) in [5.41, 5.74) is 0.880. The van der Waals surface area contributed by atoms with Crippen molar-refractivity contribution in [2.24, 2.45) is 0 Å². The van der Waals surface area contributed by atoms with Crippen molar-refractivity contribution in [1.29, 1.82) is 0 Å². The number of hydroxylamine groups is 1. The topological polar surface area (TPSA) is 90.7 Å². The molecule has 0 bridgehead atoms. The van der Waals surface area contributed by atoms with Gasteiger partial charge in [0.25, 0.3) is 0 Å². The molecule has 1 rings (SSSR count). The second-order valence-electron chi connectivity index (χ2n) is 7.84. The molecule has 1 atom stereocenters. The molecule has 0 spiro atoms. The van der Waals surface area contributed by atoms with E-state index in [1.165, 1.54) is 0 Å². The third kappa shape index (κ3) is 9.94. The zero-order chi connectivity index (χ0) is 21.2. The SMILES string of the molecule is CC(C)=[N+]([O-])CCCC[C@H](NC(=O)OCc1ccccc1)C(=O)OC(C)(C)C. The standard InChI is InChI=1S/C21H32N2O5/c1-16(2)23(26)14-10-9-13-18(19(24)28-21(3,4)5)22-20(25)27-15-17-11-7-6-8-12-17/h6-8,11-12,18H,9-10,13-15H2,1-5H3,(H,22,25)/t18-/m0/s1. The van der Waals surface area contributed by atoms with E-state index in [2.05, 4.69) is 5.32 Å². The van der Waals surface area contributed by atoms with E-state index in [9.17, 15) is 14.8 Å². The maximum atomic E-state index is 12.4. The Morgan fingerprint density at radius 3 is 2.36 bits per heavy atom. The number of hydrogen-bond acceptors (Lipinski definition) is 5. The molecule has 0 saturated carbocycles. The lowest BCUT2D eigenvalue weighted by Gasteiger charge is -2.24. The molecule has 0 aliphatic heterocycles. The van der Waals surface area contributed by atoms with Gasteiger partial charge >= 0.3 is 12.1 Å². The first-order chi connectivity index (χ1) is 13.1. The van der Waals surface area contributed by atoms with E-state index < -0.39 is 23.7 Å². The number of rotatable bonds is 9. The average molecular weight is 392 g/mol. The van der Waals surface area contributed by atoms with Crippen molar-refractivity contribution >= 4 is 17.8 Å². The molecule has 156 valence electrons. The quantitative estimate of drug-likeness (QED) is 0.172. The molecule has 0 radical (unpaired) electrons. The van der Waals surface area contributed by atoms with Gasteiger partial charge in [-0.05, 0) is 39.2 Å². The Balaban J connectivity index is 2.59. The Morgan fingerprint density at radius 1 is 1.14 bits per heavy atom. The van der Waals surface area contributed by atoms with Crippen molar-refractivity contribution in [3.63, 3.8) is 0 Å². The van der Waals surface area contributed by atoms with Crippen LogP contribution in [0.4, 0.5) is 4.79 Å². The number of ether oxygens (including phenoxy) is 2. The minimum atomic E-state index is -0.825. The second kappa shape index (κ2) is 11.3. The van der Waals surface area contributed by atoms with Gasteiger partial charge in [0.15, 0.2) is 12.3 Å². The van der Waals surface area contributed by atoms with Crippen LogP contribution in [0.25, 0.3) is 0 Å². The van der Waals surface area contributed by atoms with Crippen LogP contribution in [0.3, 0.4) is 0 Å². The lowest BCUT2D eigenvalue weighted by molar-refractivity contribution is -0.459. The van der Waals surface area contributed by atoms with Crippen LogP contribution in [-0.4, -0.2) is 40.7 Å². The summed E-state index contributed by atoms with van der Waals surface area (Å²) in [6.07, 6.45) is 0.887. The van der Waals surface area contributed by atoms with E-state index in [-0.39, 0.29) is 6.61 Å². The predicted molar refractivity (Wildman–Crippen MR) is 108 cm³/mol. The van der Waals surface area contributed by atoms with Crippen LogP contribution in [0.1, 0.15) is 59.4 Å². The Kier molecular flexibility index (Phi) is 9.48. The Bertz CT molecular complexity index is 661. The highest BCUT2D eigenvalue weighted by Crippen LogP contribution is 2.12. The summed E-state index contributed by atoms with van der Waals surface area (Å²) in [6.45, 7) is 9.27. The van der Waals surface area contributed by atoms with Gasteiger partial charge in [-0.2, -0.15) is 0 Å². The largest absolute Gasteiger partial charge is 0.624 e. The predicted octanol–water partition coefficient (Wildman–Crippen LogP) is 3.78. The van der Waals surface area contributed by atoms with Crippen LogP contribution >= 0.6 is 0 Å². The smallest absolute Gasteiger partial charge is 0.408 e. The first-order valence-electron chi connectivity index (χ1n) is 9.53. The molecule has 7 nitrogen and oxygen atoms in total. The molecule has 0 aromatic heterocycles. The lowest BCUT2D eigenvalue weighted by atomic mass is 10.1. The van der Waals surface area contributed by atoms with Crippen molar-refractivity contribution in [1.82, 2.24) is 5.32 Å². The van der Waals surface area contributed by atoms with Gasteiger partial charge in [-0.25, -0.2) is 14.3 Å². The van der Waals surface area contributed by atoms with Gasteiger partial charge in [0.1, 0.15) is 18.2 Å². The fourth-order valence-corrected chi connectivity index (χ4v) is 2.36. The van der Waals surface area contributed by atoms with Gasteiger partial charge in [0.05, 0.1) is 0 Å². The summed E-state index contributed by atoms with van der Waals surface area (Å²) in [5, 5.41) is 14.2. The normalized spacial score (nSPS) is 12.0. The van der Waals surface area contributed by atoms with Gasteiger partial charge in [-0.1, -0.05) is 30.3 Å². The summed E-state index contributed by atoms with van der Waals surface area (Å²) in [5.74, 6) is -0.513. The summed E-state index contributed by atoms with van der Waals surface area (Å²) in [6, 6.07) is 8.46. The fraction of sp³-hybridized carbons (Fsp3) is 0.571. The molecule has 1 aromatic rings. The monoisotopic (exact) mass is 392 g/mol. The first kappa shape index (κ1) is 23.5. The molecule has 28 heavy (non-hydrogen) atoms. The molecule has 1 amide bonds. The molecular formula is C21H32N2O5. The Morgan fingerprint density at radius 2 is 1.79 bits per heavy atom. The van der Waals surface area contributed by atoms with Crippen molar-refractivity contribution < 1.29 is 23.8 Å². The number of amides is 1. The fourth-order valence-electron chi connectivity index (χ4n) is 2.36. The lowest BCUT2D eigenvalue weighted by Crippen LogP contribution is -2.44. The molecule has 0 unspecified atom stereocenters. The van der Waals surface area contributed by atoms with E-state index >= 15 is 0 Å². The number of unbranched alkanes of at least 4 members (excludes halogenated alkanes) is 1. The third-order valence-electron chi connectivity index (χ3n) is 3.80. The molecule has 7 heteroatoms. The Hall–Kier alpha value is -2.57. The number of esters is 1. The highest BCUT2D eigenvalue weighted by molar-refractivity contribution is 5.81. The van der Waals surface area contributed by atoms with Gasteiger partial charge in [-0.3, -0.25) is 0 Å². The average Bonchev–Trinajstić information content (AvgIpc) is 2.61. The number of nitrogens with zero attached hydrogens (tertiary/aromatic N) is 1. The third-order valence-corrected chi connectivity index (χ3v) is 3.80. The number of carbonyl (C=O) groups is 2. The molecule has 0 fully saturated rings. The maximum absolute atomic E-state index is 12.4. The summed E-state index contributed by atoms with van der Waals surface area (Å²) >= 11 is 0. The van der Waals surface area contributed by atoms with E-state index in [0.29, 0.717) is 31.5 Å². The van der Waals surface area contributed by atoms with Crippen LogP contribution in [-0.2, 0) is 20.9 Å². The number of benzene rings is 1. The minimum Gasteiger partial charge on any atom is -0.624 e. The Labute approximate surface area is 167 Å². The number of nitrogens with one attached hydrogen (secondary N) is 1. The molecular weight excluding hydrogens is 360 g/mol. The first-order valence-corrected chi connectivity index (χ1v) is 9.53. The maximum Gasteiger partial charge on any atom is 0.408 e.